The number of aromatic nitrogens is 2. The van der Waals surface area contributed by atoms with Gasteiger partial charge in [-0.3, -0.25) is 9.47 Å². The number of anilines is 1. The lowest BCUT2D eigenvalue weighted by molar-refractivity contribution is 0.130. The molecule has 1 aliphatic heterocycles. The molecule has 0 radical (unpaired) electrons. The zero-order chi connectivity index (χ0) is 23.5. The van der Waals surface area contributed by atoms with Crippen molar-refractivity contribution in [2.75, 3.05) is 37.6 Å². The Labute approximate surface area is 211 Å². The average molecular weight is 493 g/mol. The van der Waals surface area contributed by atoms with Crippen LogP contribution < -0.4 is 4.90 Å². The van der Waals surface area contributed by atoms with E-state index in [0.29, 0.717) is 35.4 Å². The van der Waals surface area contributed by atoms with Gasteiger partial charge in [-0.2, -0.15) is 4.37 Å². The first kappa shape index (κ1) is 22.0. The van der Waals surface area contributed by atoms with Crippen LogP contribution in [0.4, 0.5) is 5.82 Å². The predicted octanol–water partition coefficient (Wildman–Crippen LogP) is 5.50. The Morgan fingerprint density at radius 1 is 0.829 bits per heavy atom. The Morgan fingerprint density at radius 3 is 2.20 bits per heavy atom. The van der Waals surface area contributed by atoms with E-state index in [-0.39, 0.29) is 0 Å². The van der Waals surface area contributed by atoms with Crippen molar-refractivity contribution in [1.82, 2.24) is 13.8 Å². The molecule has 2 bridgehead atoms. The SMILES string of the molecule is Oc1c2c(c(O)n1C[C@@H]1CCCC[C@@H]1CN1CCN(c3nsc4ccccc34)CC1)[C@H]1CCC2C1. The number of piperazine rings is 1. The first-order valence-corrected chi connectivity index (χ1v) is 14.4. The minimum Gasteiger partial charge on any atom is -0.494 e. The van der Waals surface area contributed by atoms with Gasteiger partial charge in [0.05, 0.1) is 4.70 Å². The molecule has 2 saturated carbocycles. The molecule has 1 saturated heterocycles. The summed E-state index contributed by atoms with van der Waals surface area (Å²) in [6.45, 7) is 6.10. The molecule has 4 aliphatic rings. The molecule has 2 aromatic heterocycles. The zero-order valence-electron chi connectivity index (χ0n) is 20.4. The molecule has 2 N–H and O–H groups in total. The second-order valence-electron chi connectivity index (χ2n) is 11.4. The van der Waals surface area contributed by atoms with Crippen molar-refractivity contribution in [2.24, 2.45) is 11.8 Å². The number of aromatic hydroxyl groups is 2. The van der Waals surface area contributed by atoms with Crippen LogP contribution in [0.5, 0.6) is 11.8 Å². The lowest BCUT2D eigenvalue weighted by Crippen LogP contribution is -2.49. The van der Waals surface area contributed by atoms with Crippen molar-refractivity contribution in [1.29, 1.82) is 0 Å². The first-order chi connectivity index (χ1) is 17.2. The standard InChI is InChI=1S/C28H36N4O2S/c33-27-24-18-9-10-19(15-18)25(24)28(34)32(27)17-21-6-2-1-5-20(21)16-30-11-13-31(14-12-30)26-22-7-3-4-8-23(22)35-29-26/h3-4,7-8,18-21,33-34H,1-2,5-6,9-17H2/t18-,19?,20+,21-/m0/s1. The molecular weight excluding hydrogens is 456 g/mol. The van der Waals surface area contributed by atoms with Crippen LogP contribution in [0, 0.1) is 11.8 Å². The van der Waals surface area contributed by atoms with Crippen LogP contribution >= 0.6 is 11.5 Å². The average Bonchev–Trinajstić information content (AvgIpc) is 3.66. The van der Waals surface area contributed by atoms with E-state index >= 15 is 0 Å². The summed E-state index contributed by atoms with van der Waals surface area (Å²) in [6.07, 6.45) is 8.49. The van der Waals surface area contributed by atoms with Crippen molar-refractivity contribution < 1.29 is 10.2 Å². The van der Waals surface area contributed by atoms with Gasteiger partial charge >= 0.3 is 0 Å². The minimum absolute atomic E-state index is 0.373. The van der Waals surface area contributed by atoms with E-state index in [9.17, 15) is 10.2 Å². The molecule has 4 atom stereocenters. The van der Waals surface area contributed by atoms with Gasteiger partial charge in [-0.25, -0.2) is 0 Å². The smallest absolute Gasteiger partial charge is 0.197 e. The third kappa shape index (κ3) is 3.65. The molecule has 186 valence electrons. The van der Waals surface area contributed by atoms with Crippen LogP contribution in [0.15, 0.2) is 24.3 Å². The Bertz CT molecular complexity index is 1190. The molecule has 1 unspecified atom stereocenters. The van der Waals surface area contributed by atoms with Gasteiger partial charge in [-0.1, -0.05) is 25.0 Å². The number of rotatable bonds is 5. The highest BCUT2D eigenvalue weighted by Crippen LogP contribution is 2.60. The van der Waals surface area contributed by atoms with Crippen LogP contribution in [-0.2, 0) is 6.54 Å². The summed E-state index contributed by atoms with van der Waals surface area (Å²) in [6, 6.07) is 8.56. The maximum atomic E-state index is 11.1. The molecule has 6 nitrogen and oxygen atoms in total. The van der Waals surface area contributed by atoms with Crippen molar-refractivity contribution in [3.05, 3.63) is 35.4 Å². The van der Waals surface area contributed by atoms with Crippen molar-refractivity contribution in [3.63, 3.8) is 0 Å². The number of hydrogen-bond donors (Lipinski definition) is 2. The Morgan fingerprint density at radius 2 is 1.49 bits per heavy atom. The number of hydrogen-bond acceptors (Lipinski definition) is 6. The van der Waals surface area contributed by atoms with Gasteiger partial charge in [0.15, 0.2) is 11.8 Å². The number of nitrogens with zero attached hydrogens (tertiary/aromatic N) is 4. The lowest BCUT2D eigenvalue weighted by Gasteiger charge is -2.40. The molecule has 7 rings (SSSR count). The molecule has 0 spiro atoms. The Hall–Kier alpha value is -2.25. The monoisotopic (exact) mass is 492 g/mol. The maximum Gasteiger partial charge on any atom is 0.197 e. The Kier molecular flexibility index (Phi) is 5.46. The quantitative estimate of drug-likeness (QED) is 0.492. The lowest BCUT2D eigenvalue weighted by atomic mass is 9.78. The third-order valence-corrected chi connectivity index (χ3v) is 10.4. The van der Waals surface area contributed by atoms with E-state index in [1.54, 1.807) is 11.5 Å². The van der Waals surface area contributed by atoms with E-state index in [1.807, 2.05) is 4.57 Å². The summed E-state index contributed by atoms with van der Waals surface area (Å²) >= 11 is 1.60. The second-order valence-corrected chi connectivity index (χ2v) is 12.2. The highest BCUT2D eigenvalue weighted by atomic mass is 32.1. The van der Waals surface area contributed by atoms with Crippen molar-refractivity contribution in [3.8, 4) is 11.8 Å². The summed E-state index contributed by atoms with van der Waals surface area (Å²) in [7, 11) is 0. The van der Waals surface area contributed by atoms with Crippen LogP contribution in [0.3, 0.4) is 0 Å². The second kappa shape index (κ2) is 8.70. The summed E-state index contributed by atoms with van der Waals surface area (Å²) in [5.74, 6) is 3.98. The summed E-state index contributed by atoms with van der Waals surface area (Å²) in [5.41, 5.74) is 2.16. The van der Waals surface area contributed by atoms with Crippen LogP contribution in [-0.4, -0.2) is 56.8 Å². The van der Waals surface area contributed by atoms with Gasteiger partial charge in [0.25, 0.3) is 0 Å². The van der Waals surface area contributed by atoms with Crippen molar-refractivity contribution >= 4 is 27.4 Å². The van der Waals surface area contributed by atoms with Crippen LogP contribution in [0.1, 0.15) is 67.9 Å². The first-order valence-electron chi connectivity index (χ1n) is 13.6. The number of fused-ring (bicyclic) bond motifs is 6. The fraction of sp³-hybridized carbons (Fsp3) is 0.607. The molecule has 3 aliphatic carbocycles. The molecule has 3 heterocycles. The summed E-state index contributed by atoms with van der Waals surface area (Å²) in [4.78, 5) is 5.10. The fourth-order valence-corrected chi connectivity index (χ4v) is 8.49. The van der Waals surface area contributed by atoms with Gasteiger partial charge < -0.3 is 15.1 Å². The topological polar surface area (TPSA) is 64.8 Å². The van der Waals surface area contributed by atoms with E-state index in [4.69, 9.17) is 4.37 Å². The molecule has 7 heteroatoms. The van der Waals surface area contributed by atoms with E-state index in [1.165, 1.54) is 48.6 Å². The fourth-order valence-electron chi connectivity index (χ4n) is 7.69. The molecule has 3 aromatic rings. The normalized spacial score (nSPS) is 28.7. The largest absolute Gasteiger partial charge is 0.494 e. The van der Waals surface area contributed by atoms with E-state index < -0.39 is 0 Å². The van der Waals surface area contributed by atoms with Gasteiger partial charge in [-0.05, 0) is 79.4 Å². The highest BCUT2D eigenvalue weighted by molar-refractivity contribution is 7.13. The van der Waals surface area contributed by atoms with E-state index in [2.05, 4.69) is 34.1 Å². The van der Waals surface area contributed by atoms with Crippen molar-refractivity contribution in [2.45, 2.75) is 63.3 Å². The van der Waals surface area contributed by atoms with Gasteiger partial charge in [-0.15, -0.1) is 0 Å². The maximum absolute atomic E-state index is 11.1. The molecule has 35 heavy (non-hydrogen) atoms. The molecule has 3 fully saturated rings. The third-order valence-electron chi connectivity index (χ3n) is 9.54. The minimum atomic E-state index is 0.373. The predicted molar refractivity (Wildman–Crippen MR) is 141 cm³/mol. The molecular formula is C28H36N4O2S. The van der Waals surface area contributed by atoms with Crippen LogP contribution in [0.2, 0.25) is 0 Å². The summed E-state index contributed by atoms with van der Waals surface area (Å²) < 4.78 is 7.92. The molecule has 0 amide bonds. The zero-order valence-corrected chi connectivity index (χ0v) is 21.2. The highest BCUT2D eigenvalue weighted by Gasteiger charge is 2.44. The van der Waals surface area contributed by atoms with Gasteiger partial charge in [0, 0.05) is 55.8 Å². The van der Waals surface area contributed by atoms with Gasteiger partial charge in [0.1, 0.15) is 5.82 Å². The van der Waals surface area contributed by atoms with Gasteiger partial charge in [0.2, 0.25) is 0 Å². The van der Waals surface area contributed by atoms with Crippen LogP contribution in [0.25, 0.3) is 10.1 Å². The number of benzene rings is 1. The summed E-state index contributed by atoms with van der Waals surface area (Å²) in [5, 5.41) is 23.4. The Balaban J connectivity index is 1.02. The van der Waals surface area contributed by atoms with E-state index in [0.717, 1.165) is 62.6 Å². The molecule has 1 aromatic carbocycles.